The van der Waals surface area contributed by atoms with Gasteiger partial charge in [0.25, 0.3) is 0 Å². The first-order chi connectivity index (χ1) is 8.08. The van der Waals surface area contributed by atoms with E-state index in [1.807, 2.05) is 0 Å². The van der Waals surface area contributed by atoms with Crippen LogP contribution in [-0.4, -0.2) is 25.9 Å². The van der Waals surface area contributed by atoms with Crippen molar-refractivity contribution in [3.63, 3.8) is 0 Å². The number of benzene rings is 1. The molecule has 0 fully saturated rings. The van der Waals surface area contributed by atoms with Gasteiger partial charge in [-0.25, -0.2) is 0 Å². The third-order valence-corrected chi connectivity index (χ3v) is 2.32. The maximum Gasteiger partial charge on any atom is 0.200 e. The second-order valence-corrected chi connectivity index (χ2v) is 4.00. The van der Waals surface area contributed by atoms with Crippen molar-refractivity contribution >= 4 is 11.6 Å². The number of hydrogen-bond acceptors (Lipinski definition) is 4. The highest BCUT2D eigenvalue weighted by Gasteiger charge is 2.10. The number of nitrogens with one attached hydrogen (secondary N) is 1. The number of halogens is 1. The molecular weight excluding hydrogens is 242 g/mol. The molecule has 0 amide bonds. The second kappa shape index (κ2) is 6.37. The molecule has 2 N–H and O–H groups in total. The first-order valence-corrected chi connectivity index (χ1v) is 5.44. The van der Waals surface area contributed by atoms with E-state index in [-0.39, 0.29) is 5.75 Å². The zero-order chi connectivity index (χ0) is 12.8. The maximum atomic E-state index is 9.72. The van der Waals surface area contributed by atoms with Gasteiger partial charge in [0.05, 0.1) is 14.2 Å². The Balaban J connectivity index is 2.82. The monoisotopic (exact) mass is 257 g/mol. The van der Waals surface area contributed by atoms with Crippen molar-refractivity contribution in [3.8, 4) is 17.2 Å². The van der Waals surface area contributed by atoms with Crippen LogP contribution in [0.15, 0.2) is 23.7 Å². The quantitative estimate of drug-likeness (QED) is 0.821. The van der Waals surface area contributed by atoms with Crippen LogP contribution in [0.5, 0.6) is 17.2 Å². The van der Waals surface area contributed by atoms with Crippen molar-refractivity contribution in [1.82, 2.24) is 5.32 Å². The number of rotatable bonds is 6. The minimum atomic E-state index is 0.000466. The molecule has 0 spiro atoms. The van der Waals surface area contributed by atoms with Crippen LogP contribution < -0.4 is 14.8 Å². The Kier molecular flexibility index (Phi) is 5.12. The molecule has 0 aromatic heterocycles. The summed E-state index contributed by atoms with van der Waals surface area (Å²) >= 11 is 5.64. The predicted octanol–water partition coefficient (Wildman–Crippen LogP) is 2.25. The molecule has 0 saturated carbocycles. The molecule has 0 aliphatic rings. The molecule has 4 nitrogen and oxygen atoms in total. The van der Waals surface area contributed by atoms with E-state index in [9.17, 15) is 5.11 Å². The van der Waals surface area contributed by atoms with Crippen LogP contribution >= 0.6 is 11.6 Å². The van der Waals surface area contributed by atoms with E-state index in [4.69, 9.17) is 21.1 Å². The number of hydrogen-bond donors (Lipinski definition) is 2. The molecule has 1 aromatic rings. The van der Waals surface area contributed by atoms with Gasteiger partial charge < -0.3 is 19.9 Å². The fraction of sp³-hybridized carbons (Fsp3) is 0.333. The number of phenolic OH excluding ortho intramolecular Hbond substituents is 1. The van der Waals surface area contributed by atoms with Crippen molar-refractivity contribution in [1.29, 1.82) is 0 Å². The fourth-order valence-corrected chi connectivity index (χ4v) is 1.49. The molecule has 5 heteroatoms. The van der Waals surface area contributed by atoms with Crippen LogP contribution in [0.25, 0.3) is 0 Å². The number of ether oxygens (including phenoxy) is 2. The van der Waals surface area contributed by atoms with E-state index in [0.717, 1.165) is 5.56 Å². The third-order valence-electron chi connectivity index (χ3n) is 2.19. The van der Waals surface area contributed by atoms with E-state index >= 15 is 0 Å². The van der Waals surface area contributed by atoms with Crippen molar-refractivity contribution < 1.29 is 14.6 Å². The van der Waals surface area contributed by atoms with Crippen molar-refractivity contribution in [2.24, 2.45) is 0 Å². The van der Waals surface area contributed by atoms with Crippen LogP contribution in [0.2, 0.25) is 0 Å². The van der Waals surface area contributed by atoms with Crippen LogP contribution in [0.1, 0.15) is 5.56 Å². The van der Waals surface area contributed by atoms with E-state index in [1.54, 1.807) is 12.1 Å². The Morgan fingerprint density at radius 1 is 1.35 bits per heavy atom. The van der Waals surface area contributed by atoms with Crippen LogP contribution in [0, 0.1) is 0 Å². The Labute approximate surface area is 106 Å². The van der Waals surface area contributed by atoms with Crippen LogP contribution in [-0.2, 0) is 6.54 Å². The topological polar surface area (TPSA) is 50.7 Å². The summed E-state index contributed by atoms with van der Waals surface area (Å²) in [5.41, 5.74) is 0.925. The summed E-state index contributed by atoms with van der Waals surface area (Å²) in [5.74, 6) is 0.761. The van der Waals surface area contributed by atoms with Crippen LogP contribution in [0.4, 0.5) is 0 Å². The standard InChI is InChI=1S/C12H16ClNO3/c1-8(13)6-14-7-9-4-10(16-2)12(15)11(5-9)17-3/h4-5,14-15H,1,6-7H2,2-3H3. The zero-order valence-corrected chi connectivity index (χ0v) is 10.7. The Hall–Kier alpha value is -1.39. The first kappa shape index (κ1) is 13.7. The predicted molar refractivity (Wildman–Crippen MR) is 67.9 cm³/mol. The van der Waals surface area contributed by atoms with Gasteiger partial charge in [-0.05, 0) is 17.7 Å². The summed E-state index contributed by atoms with van der Waals surface area (Å²) in [6.07, 6.45) is 0. The van der Waals surface area contributed by atoms with Crippen molar-refractivity contribution in [2.45, 2.75) is 6.54 Å². The minimum absolute atomic E-state index is 0.000466. The largest absolute Gasteiger partial charge is 0.502 e. The number of aromatic hydroxyl groups is 1. The summed E-state index contributed by atoms with van der Waals surface area (Å²) in [6.45, 7) is 4.68. The summed E-state index contributed by atoms with van der Waals surface area (Å²) in [7, 11) is 2.98. The van der Waals surface area contributed by atoms with Gasteiger partial charge in [0.1, 0.15) is 0 Å². The lowest BCUT2D eigenvalue weighted by Crippen LogP contribution is -2.14. The zero-order valence-electron chi connectivity index (χ0n) is 9.92. The lowest BCUT2D eigenvalue weighted by Gasteiger charge is -2.11. The summed E-state index contributed by atoms with van der Waals surface area (Å²) in [4.78, 5) is 0. The maximum absolute atomic E-state index is 9.72. The molecule has 1 rings (SSSR count). The van der Waals surface area contributed by atoms with E-state index < -0.39 is 0 Å². The summed E-state index contributed by atoms with van der Waals surface area (Å²) in [5, 5.41) is 13.4. The van der Waals surface area contributed by atoms with E-state index in [1.165, 1.54) is 14.2 Å². The highest BCUT2D eigenvalue weighted by Crippen LogP contribution is 2.36. The average Bonchev–Trinajstić information content (AvgIpc) is 2.30. The molecule has 17 heavy (non-hydrogen) atoms. The number of methoxy groups -OCH3 is 2. The molecule has 0 radical (unpaired) electrons. The normalized spacial score (nSPS) is 10.1. The molecule has 0 aliphatic heterocycles. The molecule has 0 aliphatic carbocycles. The van der Waals surface area contributed by atoms with E-state index in [2.05, 4.69) is 11.9 Å². The highest BCUT2D eigenvalue weighted by molar-refractivity contribution is 6.29. The lowest BCUT2D eigenvalue weighted by atomic mass is 10.2. The van der Waals surface area contributed by atoms with Gasteiger partial charge in [-0.3, -0.25) is 0 Å². The second-order valence-electron chi connectivity index (χ2n) is 3.47. The summed E-state index contributed by atoms with van der Waals surface area (Å²) in [6, 6.07) is 3.48. The van der Waals surface area contributed by atoms with Gasteiger partial charge >= 0.3 is 0 Å². The van der Waals surface area contributed by atoms with E-state index in [0.29, 0.717) is 29.6 Å². The molecule has 1 aromatic carbocycles. The molecule has 0 unspecified atom stereocenters. The first-order valence-electron chi connectivity index (χ1n) is 5.06. The Bertz CT molecular complexity index is 382. The molecule has 0 atom stereocenters. The molecular formula is C12H16ClNO3. The minimum Gasteiger partial charge on any atom is -0.502 e. The van der Waals surface area contributed by atoms with Gasteiger partial charge in [0.15, 0.2) is 11.5 Å². The smallest absolute Gasteiger partial charge is 0.200 e. The molecule has 0 heterocycles. The molecule has 0 bridgehead atoms. The SMILES string of the molecule is C=C(Cl)CNCc1cc(OC)c(O)c(OC)c1. The van der Waals surface area contributed by atoms with Gasteiger partial charge in [-0.15, -0.1) is 0 Å². The highest BCUT2D eigenvalue weighted by atomic mass is 35.5. The lowest BCUT2D eigenvalue weighted by molar-refractivity contribution is 0.339. The van der Waals surface area contributed by atoms with Crippen molar-refractivity contribution in [2.75, 3.05) is 20.8 Å². The Morgan fingerprint density at radius 3 is 2.29 bits per heavy atom. The van der Waals surface area contributed by atoms with Crippen LogP contribution in [0.3, 0.4) is 0 Å². The van der Waals surface area contributed by atoms with Gasteiger partial charge in [-0.1, -0.05) is 18.2 Å². The van der Waals surface area contributed by atoms with Gasteiger partial charge in [0.2, 0.25) is 5.75 Å². The van der Waals surface area contributed by atoms with Gasteiger partial charge in [0, 0.05) is 18.1 Å². The van der Waals surface area contributed by atoms with Crippen molar-refractivity contribution in [3.05, 3.63) is 29.3 Å². The summed E-state index contributed by atoms with van der Waals surface area (Å²) < 4.78 is 10.1. The molecule has 94 valence electrons. The molecule has 0 saturated heterocycles. The number of phenols is 1. The Morgan fingerprint density at radius 2 is 1.88 bits per heavy atom. The fourth-order valence-electron chi connectivity index (χ4n) is 1.39. The van der Waals surface area contributed by atoms with Gasteiger partial charge in [-0.2, -0.15) is 0 Å². The average molecular weight is 258 g/mol. The third kappa shape index (κ3) is 3.84.